The lowest BCUT2D eigenvalue weighted by molar-refractivity contribution is 0.340. The third kappa shape index (κ3) is 4.68. The van der Waals surface area contributed by atoms with Gasteiger partial charge in [-0.2, -0.15) is 0 Å². The molecule has 0 atom stereocenters. The minimum atomic E-state index is -3.50. The fourth-order valence-corrected chi connectivity index (χ4v) is 3.11. The molecule has 0 bridgehead atoms. The summed E-state index contributed by atoms with van der Waals surface area (Å²) in [4.78, 5) is 0. The zero-order valence-electron chi connectivity index (χ0n) is 11.7. The number of hydrogen-bond donors (Lipinski definition) is 2. The number of nitrogens with one attached hydrogen (secondary N) is 1. The van der Waals surface area contributed by atoms with Crippen LogP contribution in [0.3, 0.4) is 0 Å². The van der Waals surface area contributed by atoms with Crippen molar-refractivity contribution in [1.29, 1.82) is 0 Å². The number of sulfonamides is 1. The van der Waals surface area contributed by atoms with Crippen molar-refractivity contribution in [3.63, 3.8) is 0 Å². The molecule has 2 aromatic rings. The molecule has 21 heavy (non-hydrogen) atoms. The number of benzene rings is 2. The molecule has 2 rings (SSSR count). The molecule has 0 amide bonds. The number of ether oxygens (including phenoxy) is 1. The van der Waals surface area contributed by atoms with Crippen molar-refractivity contribution in [2.75, 3.05) is 17.1 Å². The highest BCUT2D eigenvalue weighted by molar-refractivity contribution is 7.91. The molecule has 0 aliphatic carbocycles. The first-order valence-corrected chi connectivity index (χ1v) is 8.21. The molecule has 0 radical (unpaired) electrons. The number of nitrogens with two attached hydrogens (primary N) is 1. The van der Waals surface area contributed by atoms with Crippen LogP contribution in [0.2, 0.25) is 0 Å². The van der Waals surface area contributed by atoms with Crippen molar-refractivity contribution < 1.29 is 13.2 Å². The molecule has 0 saturated carbocycles. The summed E-state index contributed by atoms with van der Waals surface area (Å²) in [7, 11) is -3.50. The largest absolute Gasteiger partial charge is 0.494 e. The van der Waals surface area contributed by atoms with Crippen LogP contribution in [0.25, 0.3) is 0 Å². The van der Waals surface area contributed by atoms with Gasteiger partial charge in [-0.25, -0.2) is 8.42 Å². The molecule has 0 spiro atoms. The monoisotopic (exact) mass is 306 g/mol. The predicted molar refractivity (Wildman–Crippen MR) is 84.7 cm³/mol. The predicted octanol–water partition coefficient (Wildman–Crippen LogP) is 2.61. The van der Waals surface area contributed by atoms with Gasteiger partial charge in [0, 0.05) is 11.8 Å². The van der Waals surface area contributed by atoms with E-state index < -0.39 is 10.0 Å². The van der Waals surface area contributed by atoms with Gasteiger partial charge in [0.15, 0.2) is 0 Å². The van der Waals surface area contributed by atoms with Crippen LogP contribution in [0.5, 0.6) is 5.75 Å². The Morgan fingerprint density at radius 1 is 1.14 bits per heavy atom. The summed E-state index contributed by atoms with van der Waals surface area (Å²) < 4.78 is 32.2. The summed E-state index contributed by atoms with van der Waals surface area (Å²) in [5.41, 5.74) is 7.31. The fraction of sp³-hybridized carbons (Fsp3) is 0.200. The Morgan fingerprint density at radius 2 is 1.90 bits per heavy atom. The number of nitrogen functional groups attached to an aromatic ring is 1. The normalized spacial score (nSPS) is 11.1. The highest BCUT2D eigenvalue weighted by Gasteiger charge is 2.12. The molecule has 2 aromatic carbocycles. The van der Waals surface area contributed by atoms with Gasteiger partial charge in [0.05, 0.1) is 18.0 Å². The third-order valence-corrected chi connectivity index (χ3v) is 3.99. The molecule has 6 heteroatoms. The molecule has 112 valence electrons. The summed E-state index contributed by atoms with van der Waals surface area (Å²) in [6.07, 6.45) is 0. The number of rotatable bonds is 6. The van der Waals surface area contributed by atoms with Gasteiger partial charge in [-0.1, -0.05) is 18.2 Å². The molecule has 0 fully saturated rings. The van der Waals surface area contributed by atoms with Gasteiger partial charge < -0.3 is 10.5 Å². The Kier molecular flexibility index (Phi) is 4.70. The van der Waals surface area contributed by atoms with E-state index in [-0.39, 0.29) is 5.75 Å². The van der Waals surface area contributed by atoms with Crippen LogP contribution in [0.1, 0.15) is 12.5 Å². The molecule has 3 N–H and O–H groups in total. The maximum Gasteiger partial charge on any atom is 0.236 e. The quantitative estimate of drug-likeness (QED) is 0.804. The summed E-state index contributed by atoms with van der Waals surface area (Å²) in [5.74, 6) is 0.498. The molecule has 0 unspecified atom stereocenters. The second-order valence-corrected chi connectivity index (χ2v) is 6.29. The number of hydrogen-bond acceptors (Lipinski definition) is 4. The first-order valence-electron chi connectivity index (χ1n) is 6.56. The SMILES string of the molecule is CCOc1cccc(NS(=O)(=O)Cc2cccc(N)c2)c1. The van der Waals surface area contributed by atoms with Crippen LogP contribution >= 0.6 is 0 Å². The van der Waals surface area contributed by atoms with E-state index >= 15 is 0 Å². The molecule has 0 aliphatic rings. The Labute approximate surface area is 124 Å². The van der Waals surface area contributed by atoms with Crippen LogP contribution < -0.4 is 15.2 Å². The lowest BCUT2D eigenvalue weighted by atomic mass is 10.2. The summed E-state index contributed by atoms with van der Waals surface area (Å²) in [5, 5.41) is 0. The Hall–Kier alpha value is -2.21. The lowest BCUT2D eigenvalue weighted by Gasteiger charge is -2.10. The Bertz CT molecular complexity index is 714. The van der Waals surface area contributed by atoms with E-state index in [1.807, 2.05) is 6.92 Å². The minimum Gasteiger partial charge on any atom is -0.494 e. The standard InChI is InChI=1S/C15H18N2O3S/c1-2-20-15-8-4-7-14(10-15)17-21(18,19)11-12-5-3-6-13(16)9-12/h3-10,17H,2,11,16H2,1H3. The summed E-state index contributed by atoms with van der Waals surface area (Å²) in [6, 6.07) is 13.7. The van der Waals surface area contributed by atoms with Crippen molar-refractivity contribution in [3.8, 4) is 5.75 Å². The molecule has 0 aromatic heterocycles. The average molecular weight is 306 g/mol. The zero-order chi connectivity index (χ0) is 15.3. The van der Waals surface area contributed by atoms with Crippen molar-refractivity contribution in [2.45, 2.75) is 12.7 Å². The van der Waals surface area contributed by atoms with E-state index in [0.717, 1.165) is 0 Å². The summed E-state index contributed by atoms with van der Waals surface area (Å²) >= 11 is 0. The van der Waals surface area contributed by atoms with Crippen molar-refractivity contribution in [3.05, 3.63) is 54.1 Å². The van der Waals surface area contributed by atoms with Gasteiger partial charge in [-0.3, -0.25) is 4.72 Å². The molecule has 5 nitrogen and oxygen atoms in total. The van der Waals surface area contributed by atoms with E-state index in [4.69, 9.17) is 10.5 Å². The topological polar surface area (TPSA) is 81.4 Å². The third-order valence-electron chi connectivity index (χ3n) is 2.73. The van der Waals surface area contributed by atoms with E-state index in [2.05, 4.69) is 4.72 Å². The zero-order valence-corrected chi connectivity index (χ0v) is 12.6. The van der Waals surface area contributed by atoms with E-state index in [9.17, 15) is 8.42 Å². The lowest BCUT2D eigenvalue weighted by Crippen LogP contribution is -2.15. The van der Waals surface area contributed by atoms with Crippen molar-refractivity contribution >= 4 is 21.4 Å². The molecule has 0 aliphatic heterocycles. The summed E-state index contributed by atoms with van der Waals surface area (Å²) in [6.45, 7) is 2.40. The van der Waals surface area contributed by atoms with Crippen LogP contribution in [-0.4, -0.2) is 15.0 Å². The van der Waals surface area contributed by atoms with Crippen molar-refractivity contribution in [1.82, 2.24) is 0 Å². The highest BCUT2D eigenvalue weighted by atomic mass is 32.2. The smallest absolute Gasteiger partial charge is 0.236 e. The molecular formula is C15H18N2O3S. The Morgan fingerprint density at radius 3 is 2.62 bits per heavy atom. The minimum absolute atomic E-state index is 0.128. The number of anilines is 2. The van der Waals surface area contributed by atoms with Crippen molar-refractivity contribution in [2.24, 2.45) is 0 Å². The highest BCUT2D eigenvalue weighted by Crippen LogP contribution is 2.19. The first kappa shape index (κ1) is 15.2. The Balaban J connectivity index is 2.12. The van der Waals surface area contributed by atoms with E-state index in [0.29, 0.717) is 29.3 Å². The fourth-order valence-electron chi connectivity index (χ4n) is 1.93. The second-order valence-electron chi connectivity index (χ2n) is 4.57. The first-order chi connectivity index (χ1) is 9.98. The maximum atomic E-state index is 12.2. The molecule has 0 saturated heterocycles. The van der Waals surface area contributed by atoms with Gasteiger partial charge in [0.1, 0.15) is 5.75 Å². The van der Waals surface area contributed by atoms with Crippen LogP contribution in [0.4, 0.5) is 11.4 Å². The second kappa shape index (κ2) is 6.49. The van der Waals surface area contributed by atoms with Gasteiger partial charge in [0.2, 0.25) is 10.0 Å². The van der Waals surface area contributed by atoms with Gasteiger partial charge >= 0.3 is 0 Å². The van der Waals surface area contributed by atoms with Crippen LogP contribution in [0.15, 0.2) is 48.5 Å². The maximum absolute atomic E-state index is 12.2. The average Bonchev–Trinajstić information content (AvgIpc) is 2.38. The molecular weight excluding hydrogens is 288 g/mol. The van der Waals surface area contributed by atoms with E-state index in [1.165, 1.54) is 0 Å². The van der Waals surface area contributed by atoms with Crippen LogP contribution in [0, 0.1) is 0 Å². The van der Waals surface area contributed by atoms with Gasteiger partial charge in [-0.05, 0) is 36.8 Å². The van der Waals surface area contributed by atoms with Crippen LogP contribution in [-0.2, 0) is 15.8 Å². The van der Waals surface area contributed by atoms with E-state index in [1.54, 1.807) is 48.5 Å². The van der Waals surface area contributed by atoms with Gasteiger partial charge in [-0.15, -0.1) is 0 Å². The van der Waals surface area contributed by atoms with Gasteiger partial charge in [0.25, 0.3) is 0 Å². The molecule has 0 heterocycles.